The standard InChI is InChI=1S/C20H25N5O3/c1-13(26)24-11-15-8-16(12-24)19(25-17(15)4-3-5-18(25)27)20(28)21-7-6-14-9-22-23(2)10-14/h3-5,9-10,15-16,19H,6-8,11-12H2,1-2H3,(H,21,28)/t15-,16+,19-/m1/s1. The van der Waals surface area contributed by atoms with Crippen LogP contribution in [0.15, 0.2) is 35.4 Å². The average molecular weight is 383 g/mol. The van der Waals surface area contributed by atoms with E-state index in [-0.39, 0.29) is 29.2 Å². The Morgan fingerprint density at radius 2 is 2.11 bits per heavy atom. The van der Waals surface area contributed by atoms with Crippen LogP contribution in [0.5, 0.6) is 0 Å². The van der Waals surface area contributed by atoms with Gasteiger partial charge in [0.25, 0.3) is 5.56 Å². The van der Waals surface area contributed by atoms with Crippen molar-refractivity contribution in [1.82, 2.24) is 24.6 Å². The number of aromatic nitrogens is 3. The van der Waals surface area contributed by atoms with Gasteiger partial charge in [-0.1, -0.05) is 6.07 Å². The molecule has 1 fully saturated rings. The Balaban J connectivity index is 1.57. The topological polar surface area (TPSA) is 89.2 Å². The average Bonchev–Trinajstić information content (AvgIpc) is 3.07. The van der Waals surface area contributed by atoms with Crippen molar-refractivity contribution in [2.24, 2.45) is 13.0 Å². The molecule has 0 aliphatic carbocycles. The molecule has 2 amide bonds. The number of rotatable bonds is 4. The molecule has 3 atom stereocenters. The molecule has 28 heavy (non-hydrogen) atoms. The lowest BCUT2D eigenvalue weighted by Crippen LogP contribution is -2.54. The monoisotopic (exact) mass is 383 g/mol. The first-order chi connectivity index (χ1) is 13.4. The van der Waals surface area contributed by atoms with E-state index < -0.39 is 6.04 Å². The van der Waals surface area contributed by atoms with Gasteiger partial charge in [-0.3, -0.25) is 23.6 Å². The molecule has 8 heteroatoms. The molecule has 2 aromatic rings. The van der Waals surface area contributed by atoms with Gasteiger partial charge in [0, 0.05) is 63.4 Å². The minimum atomic E-state index is -0.587. The Bertz CT molecular complexity index is 963. The Hall–Kier alpha value is -2.90. The van der Waals surface area contributed by atoms with Gasteiger partial charge in [0.1, 0.15) is 6.04 Å². The van der Waals surface area contributed by atoms with Crippen LogP contribution in [-0.4, -0.2) is 50.7 Å². The van der Waals surface area contributed by atoms with Gasteiger partial charge in [0.15, 0.2) is 0 Å². The van der Waals surface area contributed by atoms with Crippen LogP contribution in [0.25, 0.3) is 0 Å². The van der Waals surface area contributed by atoms with E-state index in [0.717, 1.165) is 17.7 Å². The zero-order valence-corrected chi connectivity index (χ0v) is 16.2. The molecular weight excluding hydrogens is 358 g/mol. The number of pyridine rings is 1. The second-order valence-corrected chi connectivity index (χ2v) is 7.78. The molecule has 2 aromatic heterocycles. The Labute approximate surface area is 163 Å². The Kier molecular flexibility index (Phi) is 4.78. The highest BCUT2D eigenvalue weighted by atomic mass is 16.2. The maximum atomic E-state index is 13.1. The highest BCUT2D eigenvalue weighted by Gasteiger charge is 2.44. The van der Waals surface area contributed by atoms with Crippen LogP contribution in [0.4, 0.5) is 0 Å². The minimum Gasteiger partial charge on any atom is -0.354 e. The third-order valence-electron chi connectivity index (χ3n) is 5.83. The number of hydrogen-bond donors (Lipinski definition) is 1. The third kappa shape index (κ3) is 3.34. The molecule has 0 spiro atoms. The molecule has 4 heterocycles. The Morgan fingerprint density at radius 1 is 1.29 bits per heavy atom. The summed E-state index contributed by atoms with van der Waals surface area (Å²) in [7, 11) is 1.85. The lowest BCUT2D eigenvalue weighted by molar-refractivity contribution is -0.135. The summed E-state index contributed by atoms with van der Waals surface area (Å²) < 4.78 is 3.38. The van der Waals surface area contributed by atoms with Crippen LogP contribution < -0.4 is 10.9 Å². The molecule has 0 radical (unpaired) electrons. The van der Waals surface area contributed by atoms with Crippen LogP contribution in [0.1, 0.15) is 36.6 Å². The number of likely N-dealkylation sites (tertiary alicyclic amines) is 1. The molecule has 1 saturated heterocycles. The van der Waals surface area contributed by atoms with Crippen molar-refractivity contribution in [2.45, 2.75) is 31.7 Å². The number of carbonyl (C=O) groups excluding carboxylic acids is 2. The number of nitrogens with zero attached hydrogens (tertiary/aromatic N) is 4. The lowest BCUT2D eigenvalue weighted by Gasteiger charge is -2.46. The van der Waals surface area contributed by atoms with E-state index in [0.29, 0.717) is 26.1 Å². The molecule has 2 aliphatic rings. The first-order valence-electron chi connectivity index (χ1n) is 9.66. The van der Waals surface area contributed by atoms with Gasteiger partial charge >= 0.3 is 0 Å². The molecule has 0 unspecified atom stereocenters. The second kappa shape index (κ2) is 7.26. The van der Waals surface area contributed by atoms with Gasteiger partial charge < -0.3 is 10.2 Å². The first-order valence-corrected chi connectivity index (χ1v) is 9.66. The maximum absolute atomic E-state index is 13.1. The molecule has 0 saturated carbocycles. The Morgan fingerprint density at radius 3 is 2.82 bits per heavy atom. The molecule has 0 aromatic carbocycles. The fraction of sp³-hybridized carbons (Fsp3) is 0.500. The van der Waals surface area contributed by atoms with Crippen molar-refractivity contribution in [1.29, 1.82) is 0 Å². The van der Waals surface area contributed by atoms with Crippen molar-refractivity contribution >= 4 is 11.8 Å². The normalized spacial score (nSPS) is 23.2. The predicted molar refractivity (Wildman–Crippen MR) is 103 cm³/mol. The first kappa shape index (κ1) is 18.5. The lowest BCUT2D eigenvalue weighted by atomic mass is 9.78. The molecule has 4 rings (SSSR count). The fourth-order valence-corrected chi connectivity index (χ4v) is 4.56. The van der Waals surface area contributed by atoms with Gasteiger partial charge in [-0.05, 0) is 24.5 Å². The van der Waals surface area contributed by atoms with E-state index in [2.05, 4.69) is 10.4 Å². The van der Waals surface area contributed by atoms with E-state index in [1.54, 1.807) is 33.3 Å². The van der Waals surface area contributed by atoms with Gasteiger partial charge in [0.05, 0.1) is 6.20 Å². The molecule has 2 aliphatic heterocycles. The number of amides is 2. The van der Waals surface area contributed by atoms with Crippen LogP contribution >= 0.6 is 0 Å². The van der Waals surface area contributed by atoms with Crippen molar-refractivity contribution in [3.8, 4) is 0 Å². The van der Waals surface area contributed by atoms with E-state index >= 15 is 0 Å². The van der Waals surface area contributed by atoms with Crippen molar-refractivity contribution in [3.05, 3.63) is 52.2 Å². The zero-order valence-electron chi connectivity index (χ0n) is 16.2. The largest absolute Gasteiger partial charge is 0.354 e. The van der Waals surface area contributed by atoms with Gasteiger partial charge in [-0.2, -0.15) is 5.10 Å². The summed E-state index contributed by atoms with van der Waals surface area (Å²) in [6.07, 6.45) is 5.19. The summed E-state index contributed by atoms with van der Waals surface area (Å²) in [4.78, 5) is 39.5. The number of fused-ring (bicyclic) bond motifs is 4. The molecule has 148 valence electrons. The zero-order chi connectivity index (χ0) is 19.8. The van der Waals surface area contributed by atoms with Crippen LogP contribution in [0.3, 0.4) is 0 Å². The quantitative estimate of drug-likeness (QED) is 0.830. The summed E-state index contributed by atoms with van der Waals surface area (Å²) >= 11 is 0. The third-order valence-corrected chi connectivity index (χ3v) is 5.83. The fourth-order valence-electron chi connectivity index (χ4n) is 4.56. The second-order valence-electron chi connectivity index (χ2n) is 7.78. The van der Waals surface area contributed by atoms with E-state index in [9.17, 15) is 14.4 Å². The number of hydrogen-bond acceptors (Lipinski definition) is 4. The van der Waals surface area contributed by atoms with Crippen LogP contribution in [0.2, 0.25) is 0 Å². The van der Waals surface area contributed by atoms with Crippen LogP contribution in [-0.2, 0) is 23.1 Å². The van der Waals surface area contributed by atoms with Crippen molar-refractivity contribution in [3.63, 3.8) is 0 Å². The SMILES string of the molecule is CC(=O)N1C[C@H]2C[C@@H](C1)[C@H](C(=O)NCCc1cnn(C)c1)n1c2cccc1=O. The van der Waals surface area contributed by atoms with Crippen molar-refractivity contribution in [2.75, 3.05) is 19.6 Å². The molecular formula is C20H25N5O3. The number of carbonyl (C=O) groups is 2. The van der Waals surface area contributed by atoms with Gasteiger partial charge in [-0.15, -0.1) is 0 Å². The van der Waals surface area contributed by atoms with Gasteiger partial charge in [-0.25, -0.2) is 0 Å². The van der Waals surface area contributed by atoms with Gasteiger partial charge in [0.2, 0.25) is 11.8 Å². The highest BCUT2D eigenvalue weighted by Crippen LogP contribution is 2.41. The molecule has 1 N–H and O–H groups in total. The van der Waals surface area contributed by atoms with E-state index in [1.165, 1.54) is 6.07 Å². The summed E-state index contributed by atoms with van der Waals surface area (Å²) in [5, 5.41) is 7.12. The summed E-state index contributed by atoms with van der Waals surface area (Å²) in [5.74, 6) is -0.117. The molecule has 2 bridgehead atoms. The number of aryl methyl sites for hydroxylation is 1. The summed E-state index contributed by atoms with van der Waals surface area (Å²) in [6, 6.07) is 4.56. The number of nitrogens with one attached hydrogen (secondary N) is 1. The highest BCUT2D eigenvalue weighted by molar-refractivity contribution is 5.81. The smallest absolute Gasteiger partial charge is 0.251 e. The summed E-state index contributed by atoms with van der Waals surface area (Å²) in [5.41, 5.74) is 1.74. The maximum Gasteiger partial charge on any atom is 0.251 e. The van der Waals surface area contributed by atoms with Crippen molar-refractivity contribution < 1.29 is 9.59 Å². The van der Waals surface area contributed by atoms with Crippen LogP contribution in [0, 0.1) is 5.92 Å². The van der Waals surface area contributed by atoms with E-state index in [4.69, 9.17) is 0 Å². The predicted octanol–water partition coefficient (Wildman–Crippen LogP) is 0.447. The molecule has 8 nitrogen and oxygen atoms in total. The van der Waals surface area contributed by atoms with E-state index in [1.807, 2.05) is 19.3 Å². The number of piperidine rings is 1. The summed E-state index contributed by atoms with van der Waals surface area (Å²) in [6.45, 7) is 3.14. The minimum absolute atomic E-state index is 0.0113.